The summed E-state index contributed by atoms with van der Waals surface area (Å²) in [7, 11) is -3.80. The van der Waals surface area contributed by atoms with Crippen LogP contribution in [0.5, 0.6) is 0 Å². The number of hydrogen-bond donors (Lipinski definition) is 1. The van der Waals surface area contributed by atoms with E-state index in [0.717, 1.165) is 6.07 Å². The van der Waals surface area contributed by atoms with Crippen LogP contribution in [0.4, 0.5) is 4.39 Å². The average molecular weight is 281 g/mol. The summed E-state index contributed by atoms with van der Waals surface area (Å²) in [6.07, 6.45) is 0.154. The standard InChI is InChI=1S/C12H12FN3O2S/c1-2-11(7-15)19(17,18)16-8-10-4-3-9(6-14)5-12(10)13/h3-5,11,16H,2,8H2,1H3. The number of nitrogens with zero attached hydrogens (tertiary/aromatic N) is 2. The molecule has 5 nitrogen and oxygen atoms in total. The Bertz CT molecular complexity index is 644. The van der Waals surface area contributed by atoms with Gasteiger partial charge in [-0.25, -0.2) is 17.5 Å². The molecule has 0 amide bonds. The van der Waals surface area contributed by atoms with E-state index in [1.54, 1.807) is 19.1 Å². The summed E-state index contributed by atoms with van der Waals surface area (Å²) in [4.78, 5) is 0. The molecule has 1 rings (SSSR count). The topological polar surface area (TPSA) is 93.8 Å². The van der Waals surface area contributed by atoms with Gasteiger partial charge in [0.1, 0.15) is 5.82 Å². The van der Waals surface area contributed by atoms with E-state index in [2.05, 4.69) is 4.72 Å². The molecule has 1 aromatic rings. The smallest absolute Gasteiger partial charge is 0.211 e. The maximum atomic E-state index is 13.5. The molecule has 1 N–H and O–H groups in total. The molecule has 0 bridgehead atoms. The van der Waals surface area contributed by atoms with Gasteiger partial charge in [-0.1, -0.05) is 13.0 Å². The largest absolute Gasteiger partial charge is 0.228 e. The second kappa shape index (κ2) is 6.28. The third kappa shape index (κ3) is 3.75. The summed E-state index contributed by atoms with van der Waals surface area (Å²) in [5, 5.41) is 16.1. The first-order valence-electron chi connectivity index (χ1n) is 5.51. The lowest BCUT2D eigenvalue weighted by Crippen LogP contribution is -2.32. The molecule has 1 atom stereocenters. The fourth-order valence-electron chi connectivity index (χ4n) is 1.42. The molecule has 0 saturated heterocycles. The molecule has 0 aliphatic carbocycles. The minimum atomic E-state index is -3.80. The molecule has 1 aromatic carbocycles. The van der Waals surface area contributed by atoms with Crippen molar-refractivity contribution < 1.29 is 12.8 Å². The highest BCUT2D eigenvalue weighted by atomic mass is 32.2. The molecule has 0 fully saturated rings. The summed E-state index contributed by atoms with van der Waals surface area (Å²) in [6.45, 7) is 1.33. The minimum absolute atomic E-state index is 0.121. The number of rotatable bonds is 5. The van der Waals surface area contributed by atoms with Crippen LogP contribution in [-0.4, -0.2) is 13.7 Å². The number of benzene rings is 1. The van der Waals surface area contributed by atoms with Crippen LogP contribution in [-0.2, 0) is 16.6 Å². The van der Waals surface area contributed by atoms with Crippen molar-refractivity contribution in [3.63, 3.8) is 0 Å². The maximum Gasteiger partial charge on any atom is 0.228 e. The summed E-state index contributed by atoms with van der Waals surface area (Å²) in [5.74, 6) is -0.660. The molecule has 0 heterocycles. The van der Waals surface area contributed by atoms with E-state index in [4.69, 9.17) is 10.5 Å². The van der Waals surface area contributed by atoms with Crippen LogP contribution < -0.4 is 4.72 Å². The van der Waals surface area contributed by atoms with Gasteiger partial charge in [-0.05, 0) is 18.6 Å². The summed E-state index contributed by atoms with van der Waals surface area (Å²) < 4.78 is 39.1. The Balaban J connectivity index is 2.84. The van der Waals surface area contributed by atoms with Gasteiger partial charge in [-0.15, -0.1) is 0 Å². The fraction of sp³-hybridized carbons (Fsp3) is 0.333. The molecule has 0 spiro atoms. The lowest BCUT2D eigenvalue weighted by Gasteiger charge is -2.10. The van der Waals surface area contributed by atoms with Crippen molar-refractivity contribution in [1.82, 2.24) is 4.72 Å². The van der Waals surface area contributed by atoms with Crippen LogP contribution in [0, 0.1) is 28.5 Å². The average Bonchev–Trinajstić information content (AvgIpc) is 2.38. The lowest BCUT2D eigenvalue weighted by molar-refractivity contribution is 0.566. The second-order valence-corrected chi connectivity index (χ2v) is 5.76. The summed E-state index contributed by atoms with van der Waals surface area (Å²) in [5.41, 5.74) is 0.280. The molecule has 0 aromatic heterocycles. The predicted octanol–water partition coefficient (Wildman–Crippen LogP) is 1.42. The zero-order valence-electron chi connectivity index (χ0n) is 10.2. The highest BCUT2D eigenvalue weighted by Crippen LogP contribution is 2.11. The van der Waals surface area contributed by atoms with Crippen molar-refractivity contribution in [2.45, 2.75) is 25.1 Å². The van der Waals surface area contributed by atoms with Crippen LogP contribution in [0.2, 0.25) is 0 Å². The van der Waals surface area contributed by atoms with Crippen molar-refractivity contribution in [3.05, 3.63) is 35.1 Å². The molecule has 0 aliphatic heterocycles. The van der Waals surface area contributed by atoms with Crippen LogP contribution >= 0.6 is 0 Å². The highest BCUT2D eigenvalue weighted by molar-refractivity contribution is 7.90. The van der Waals surface area contributed by atoms with E-state index in [0.29, 0.717) is 0 Å². The van der Waals surface area contributed by atoms with Crippen LogP contribution in [0.25, 0.3) is 0 Å². The van der Waals surface area contributed by atoms with Gasteiger partial charge in [-0.2, -0.15) is 10.5 Å². The molecule has 0 aliphatic rings. The highest BCUT2D eigenvalue weighted by Gasteiger charge is 2.23. The number of nitriles is 2. The Morgan fingerprint density at radius 3 is 2.58 bits per heavy atom. The van der Waals surface area contributed by atoms with Gasteiger partial charge >= 0.3 is 0 Å². The Kier molecular flexibility index (Phi) is 4.99. The van der Waals surface area contributed by atoms with Gasteiger partial charge in [0.05, 0.1) is 17.7 Å². The normalized spacial score (nSPS) is 12.4. The molecule has 0 saturated carbocycles. The lowest BCUT2D eigenvalue weighted by atomic mass is 10.1. The second-order valence-electron chi connectivity index (χ2n) is 3.81. The number of nitrogens with one attached hydrogen (secondary N) is 1. The number of hydrogen-bond acceptors (Lipinski definition) is 4. The molecular formula is C12H12FN3O2S. The Labute approximate surface area is 111 Å². The number of halogens is 1. The van der Waals surface area contributed by atoms with Crippen molar-refractivity contribution in [2.75, 3.05) is 0 Å². The molecule has 1 unspecified atom stereocenters. The number of sulfonamides is 1. The minimum Gasteiger partial charge on any atom is -0.211 e. The van der Waals surface area contributed by atoms with Gasteiger partial charge in [0, 0.05) is 12.1 Å². The summed E-state index contributed by atoms with van der Waals surface area (Å²) in [6, 6.07) is 7.22. The molecular weight excluding hydrogens is 269 g/mol. The van der Waals surface area contributed by atoms with Crippen molar-refractivity contribution in [1.29, 1.82) is 10.5 Å². The fourth-order valence-corrected chi connectivity index (χ4v) is 2.55. The van der Waals surface area contributed by atoms with E-state index in [1.807, 2.05) is 0 Å². The third-order valence-corrected chi connectivity index (χ3v) is 4.27. The maximum absolute atomic E-state index is 13.5. The molecule has 100 valence electrons. The zero-order chi connectivity index (χ0) is 14.5. The Hall–Kier alpha value is -1.96. The Morgan fingerprint density at radius 2 is 2.11 bits per heavy atom. The molecule has 7 heteroatoms. The first-order chi connectivity index (χ1) is 8.94. The quantitative estimate of drug-likeness (QED) is 0.883. The monoisotopic (exact) mass is 281 g/mol. The Morgan fingerprint density at radius 1 is 1.42 bits per heavy atom. The molecule has 19 heavy (non-hydrogen) atoms. The summed E-state index contributed by atoms with van der Waals surface area (Å²) >= 11 is 0. The first-order valence-corrected chi connectivity index (χ1v) is 7.05. The zero-order valence-corrected chi connectivity index (χ0v) is 11.0. The van der Waals surface area contributed by atoms with Crippen LogP contribution in [0.1, 0.15) is 24.5 Å². The van der Waals surface area contributed by atoms with Crippen molar-refractivity contribution in [3.8, 4) is 12.1 Å². The van der Waals surface area contributed by atoms with E-state index < -0.39 is 21.1 Å². The van der Waals surface area contributed by atoms with E-state index in [-0.39, 0.29) is 24.1 Å². The van der Waals surface area contributed by atoms with Gasteiger partial charge < -0.3 is 0 Å². The predicted molar refractivity (Wildman–Crippen MR) is 66.6 cm³/mol. The molecule has 0 radical (unpaired) electrons. The van der Waals surface area contributed by atoms with Gasteiger partial charge in [0.15, 0.2) is 5.25 Å². The SMILES string of the molecule is CCC(C#N)S(=O)(=O)NCc1ccc(C#N)cc1F. The van der Waals surface area contributed by atoms with Crippen LogP contribution in [0.15, 0.2) is 18.2 Å². The van der Waals surface area contributed by atoms with Crippen molar-refractivity contribution in [2.24, 2.45) is 0 Å². The first kappa shape index (κ1) is 15.1. The van der Waals surface area contributed by atoms with E-state index >= 15 is 0 Å². The van der Waals surface area contributed by atoms with E-state index in [9.17, 15) is 12.8 Å². The third-order valence-electron chi connectivity index (χ3n) is 2.54. The van der Waals surface area contributed by atoms with Crippen molar-refractivity contribution >= 4 is 10.0 Å². The van der Waals surface area contributed by atoms with Gasteiger partial charge in [0.2, 0.25) is 10.0 Å². The van der Waals surface area contributed by atoms with Gasteiger partial charge in [0.25, 0.3) is 0 Å². The van der Waals surface area contributed by atoms with Gasteiger partial charge in [-0.3, -0.25) is 0 Å². The van der Waals surface area contributed by atoms with Crippen LogP contribution in [0.3, 0.4) is 0 Å². The van der Waals surface area contributed by atoms with E-state index in [1.165, 1.54) is 12.1 Å².